The second-order valence-electron chi connectivity index (χ2n) is 7.04. The first-order valence-electron chi connectivity index (χ1n) is 9.83. The highest BCUT2D eigenvalue weighted by atomic mass is 35.5. The molecule has 0 aliphatic carbocycles. The number of carbonyl (C=O) groups excluding carboxylic acids is 2. The molecule has 0 saturated carbocycles. The van der Waals surface area contributed by atoms with Gasteiger partial charge in [-0.1, -0.05) is 40.9 Å². The summed E-state index contributed by atoms with van der Waals surface area (Å²) in [6.45, 7) is 0. The SMILES string of the molecule is O=C(Nc1cccnc1)c1ccc(Cl)c(NC(=O)c2ccc(=O)n(-c3c(Cl)cccc3Cl)c2)c1. The topological polar surface area (TPSA) is 93.1 Å². The summed E-state index contributed by atoms with van der Waals surface area (Å²) in [5.74, 6) is -0.953. The number of amides is 2. The Morgan fingerprint density at radius 1 is 0.794 bits per heavy atom. The molecule has 2 N–H and O–H groups in total. The van der Waals surface area contributed by atoms with Gasteiger partial charge in [-0.3, -0.25) is 23.9 Å². The van der Waals surface area contributed by atoms with Crippen LogP contribution in [0.4, 0.5) is 11.4 Å². The number of nitrogens with one attached hydrogen (secondary N) is 2. The van der Waals surface area contributed by atoms with Crippen LogP contribution in [0, 0.1) is 0 Å². The van der Waals surface area contributed by atoms with Gasteiger partial charge in [-0.2, -0.15) is 0 Å². The molecule has 0 saturated heterocycles. The van der Waals surface area contributed by atoms with Crippen LogP contribution in [0.2, 0.25) is 15.1 Å². The van der Waals surface area contributed by atoms with Crippen LogP contribution in [-0.2, 0) is 0 Å². The number of aromatic nitrogens is 2. The number of hydrogen-bond acceptors (Lipinski definition) is 4. The van der Waals surface area contributed by atoms with Gasteiger partial charge in [0.1, 0.15) is 0 Å². The van der Waals surface area contributed by atoms with Gasteiger partial charge >= 0.3 is 0 Å². The fourth-order valence-electron chi connectivity index (χ4n) is 3.11. The van der Waals surface area contributed by atoms with Crippen molar-refractivity contribution in [1.82, 2.24) is 9.55 Å². The summed E-state index contributed by atoms with van der Waals surface area (Å²) in [6.07, 6.45) is 4.43. The Balaban J connectivity index is 1.60. The second-order valence-corrected chi connectivity index (χ2v) is 8.26. The Morgan fingerprint density at radius 3 is 2.21 bits per heavy atom. The average Bonchev–Trinajstić information content (AvgIpc) is 2.82. The van der Waals surface area contributed by atoms with Crippen molar-refractivity contribution in [3.05, 3.63) is 116 Å². The van der Waals surface area contributed by atoms with Gasteiger partial charge in [0, 0.05) is 24.0 Å². The highest BCUT2D eigenvalue weighted by Gasteiger charge is 2.16. The van der Waals surface area contributed by atoms with Gasteiger partial charge in [0.2, 0.25) is 0 Å². The molecule has 0 spiro atoms. The van der Waals surface area contributed by atoms with Crippen LogP contribution in [0.3, 0.4) is 0 Å². The standard InChI is InChI=1S/C24H15Cl3N4O3/c25-17-8-6-14(23(33)29-16-3-2-10-28-12-16)11-20(17)30-24(34)15-7-9-21(32)31(13-15)22-18(26)4-1-5-19(22)27/h1-13H,(H,29,33)(H,30,34). The summed E-state index contributed by atoms with van der Waals surface area (Å²) in [5.41, 5.74) is 1.01. The molecular weight excluding hydrogens is 499 g/mol. The molecule has 7 nitrogen and oxygen atoms in total. The lowest BCUT2D eigenvalue weighted by molar-refractivity contribution is 0.101. The molecule has 2 aromatic heterocycles. The highest BCUT2D eigenvalue weighted by molar-refractivity contribution is 6.37. The smallest absolute Gasteiger partial charge is 0.257 e. The van der Waals surface area contributed by atoms with E-state index in [2.05, 4.69) is 15.6 Å². The van der Waals surface area contributed by atoms with E-state index in [1.165, 1.54) is 47.3 Å². The molecule has 0 aliphatic heterocycles. The predicted molar refractivity (Wildman–Crippen MR) is 134 cm³/mol. The van der Waals surface area contributed by atoms with Crippen molar-refractivity contribution < 1.29 is 9.59 Å². The largest absolute Gasteiger partial charge is 0.321 e. The van der Waals surface area contributed by atoms with Gasteiger partial charge in [0.05, 0.1) is 43.9 Å². The second kappa shape index (κ2) is 10.1. The molecule has 0 unspecified atom stereocenters. The van der Waals surface area contributed by atoms with Crippen molar-refractivity contribution >= 4 is 58.0 Å². The first-order valence-corrected chi connectivity index (χ1v) is 11.0. The van der Waals surface area contributed by atoms with Crippen LogP contribution in [0.25, 0.3) is 5.69 Å². The summed E-state index contributed by atoms with van der Waals surface area (Å²) >= 11 is 18.7. The van der Waals surface area contributed by atoms with Gasteiger partial charge < -0.3 is 10.6 Å². The van der Waals surface area contributed by atoms with Gasteiger partial charge in [0.25, 0.3) is 17.4 Å². The first kappa shape index (κ1) is 23.5. The number of anilines is 2. The quantitative estimate of drug-likeness (QED) is 0.358. The maximum absolute atomic E-state index is 12.9. The number of halogens is 3. The van der Waals surface area contributed by atoms with Crippen molar-refractivity contribution in [2.75, 3.05) is 10.6 Å². The monoisotopic (exact) mass is 512 g/mol. The minimum Gasteiger partial charge on any atom is -0.321 e. The van der Waals surface area contributed by atoms with Gasteiger partial charge in [-0.05, 0) is 48.5 Å². The lowest BCUT2D eigenvalue weighted by Gasteiger charge is -2.13. The van der Waals surface area contributed by atoms with E-state index in [0.717, 1.165) is 0 Å². The number of pyridine rings is 2. The maximum Gasteiger partial charge on any atom is 0.257 e. The maximum atomic E-state index is 12.9. The molecule has 0 radical (unpaired) electrons. The summed E-state index contributed by atoms with van der Waals surface area (Å²) in [5, 5.41) is 6.12. The Labute approximate surface area is 208 Å². The summed E-state index contributed by atoms with van der Waals surface area (Å²) in [6, 6.07) is 15.3. The molecule has 0 bridgehead atoms. The Hall–Kier alpha value is -3.65. The molecule has 4 aromatic rings. The predicted octanol–water partition coefficient (Wildman–Crippen LogP) is 5.70. The normalized spacial score (nSPS) is 10.6. The molecule has 34 heavy (non-hydrogen) atoms. The van der Waals surface area contributed by atoms with E-state index in [9.17, 15) is 14.4 Å². The number of hydrogen-bond donors (Lipinski definition) is 2. The van der Waals surface area contributed by atoms with Crippen molar-refractivity contribution in [3.8, 4) is 5.69 Å². The molecule has 0 atom stereocenters. The van der Waals surface area contributed by atoms with Crippen LogP contribution in [0.5, 0.6) is 0 Å². The molecule has 2 heterocycles. The Morgan fingerprint density at radius 2 is 1.50 bits per heavy atom. The molecule has 0 aliphatic rings. The lowest BCUT2D eigenvalue weighted by atomic mass is 10.1. The zero-order valence-electron chi connectivity index (χ0n) is 17.3. The van der Waals surface area contributed by atoms with E-state index in [0.29, 0.717) is 5.69 Å². The highest BCUT2D eigenvalue weighted by Crippen LogP contribution is 2.28. The van der Waals surface area contributed by atoms with E-state index < -0.39 is 17.4 Å². The number of carbonyl (C=O) groups is 2. The van der Waals surface area contributed by atoms with Crippen LogP contribution >= 0.6 is 34.8 Å². The van der Waals surface area contributed by atoms with Gasteiger partial charge in [0.15, 0.2) is 0 Å². The number of para-hydroxylation sites is 1. The molecule has 4 rings (SSSR count). The van der Waals surface area contributed by atoms with Crippen molar-refractivity contribution in [1.29, 1.82) is 0 Å². The van der Waals surface area contributed by atoms with Crippen LogP contribution in [0.15, 0.2) is 84.0 Å². The molecule has 2 amide bonds. The third kappa shape index (κ3) is 5.12. The van der Waals surface area contributed by atoms with Crippen molar-refractivity contribution in [2.24, 2.45) is 0 Å². The minimum absolute atomic E-state index is 0.150. The Kier molecular flexibility index (Phi) is 6.98. The first-order chi connectivity index (χ1) is 16.3. The van der Waals surface area contributed by atoms with E-state index in [4.69, 9.17) is 34.8 Å². The molecule has 2 aromatic carbocycles. The van der Waals surface area contributed by atoms with E-state index >= 15 is 0 Å². The Bertz CT molecular complexity index is 1440. The fourth-order valence-corrected chi connectivity index (χ4v) is 3.86. The van der Waals surface area contributed by atoms with Gasteiger partial charge in [-0.15, -0.1) is 0 Å². The fraction of sp³-hybridized carbons (Fsp3) is 0. The minimum atomic E-state index is -0.552. The molecule has 170 valence electrons. The van der Waals surface area contributed by atoms with Crippen molar-refractivity contribution in [3.63, 3.8) is 0 Å². The van der Waals surface area contributed by atoms with Crippen LogP contribution in [-0.4, -0.2) is 21.4 Å². The average molecular weight is 514 g/mol. The summed E-state index contributed by atoms with van der Waals surface area (Å²) < 4.78 is 1.19. The van der Waals surface area contributed by atoms with E-state index in [1.54, 1.807) is 36.5 Å². The zero-order valence-corrected chi connectivity index (χ0v) is 19.5. The van der Waals surface area contributed by atoms with Crippen molar-refractivity contribution in [2.45, 2.75) is 0 Å². The summed E-state index contributed by atoms with van der Waals surface area (Å²) in [4.78, 5) is 41.9. The molecular formula is C24H15Cl3N4O3. The summed E-state index contributed by atoms with van der Waals surface area (Å²) in [7, 11) is 0. The third-order valence-corrected chi connectivity index (χ3v) is 5.69. The number of benzene rings is 2. The van der Waals surface area contributed by atoms with E-state index in [-0.39, 0.29) is 37.6 Å². The zero-order chi connectivity index (χ0) is 24.2. The van der Waals surface area contributed by atoms with Crippen LogP contribution < -0.4 is 16.2 Å². The number of nitrogens with zero attached hydrogens (tertiary/aromatic N) is 2. The van der Waals surface area contributed by atoms with Gasteiger partial charge in [-0.25, -0.2) is 0 Å². The third-order valence-electron chi connectivity index (χ3n) is 4.75. The van der Waals surface area contributed by atoms with Crippen LogP contribution in [0.1, 0.15) is 20.7 Å². The molecule has 0 fully saturated rings. The lowest BCUT2D eigenvalue weighted by Crippen LogP contribution is -2.21. The molecule has 10 heteroatoms. The number of rotatable bonds is 5. The van der Waals surface area contributed by atoms with E-state index in [1.807, 2.05) is 0 Å².